The number of nitrogens with one attached hydrogen (secondary N) is 1. The van der Waals surface area contributed by atoms with Crippen LogP contribution in [0, 0.1) is 0 Å². The molecule has 0 radical (unpaired) electrons. The molecule has 2 heterocycles. The van der Waals surface area contributed by atoms with Gasteiger partial charge in [0.15, 0.2) is 12.6 Å². The molecule has 9 N–H and O–H groups in total. The third-order valence-corrected chi connectivity index (χ3v) is 13.8. The summed E-state index contributed by atoms with van der Waals surface area (Å²) in [6, 6.07) is -0.936. The predicted molar refractivity (Wildman–Crippen MR) is 304 cm³/mol. The number of ether oxygens (including phenoxy) is 4. The van der Waals surface area contributed by atoms with Crippen LogP contribution in [0.3, 0.4) is 0 Å². The van der Waals surface area contributed by atoms with Crippen LogP contribution in [0.2, 0.25) is 0 Å². The van der Waals surface area contributed by atoms with E-state index in [4.69, 9.17) is 18.9 Å². The molecule has 0 aromatic heterocycles. The molecule has 12 unspecified atom stereocenters. The maximum atomic E-state index is 13.2. The average molecular weight is 1070 g/mol. The first-order valence-electron chi connectivity index (χ1n) is 29.5. The SMILES string of the molecule is CC/C=C\C/C=C\C/C=C\C/C=C\C/C=C\C/C=C\CCCCCCCCCCCCCCC(=O)NC(COC1OC(CO)C(OC2OC(CO)C(O)C(O)C2O)C(O)C1O)C(O)/C=C/CC/C=C/CCCCCCC. The molecule has 0 bridgehead atoms. The van der Waals surface area contributed by atoms with Gasteiger partial charge >= 0.3 is 0 Å². The largest absolute Gasteiger partial charge is 0.394 e. The van der Waals surface area contributed by atoms with Gasteiger partial charge in [-0.25, -0.2) is 0 Å². The Labute approximate surface area is 458 Å². The van der Waals surface area contributed by atoms with Crippen LogP contribution in [0.4, 0.5) is 0 Å². The molecule has 2 aliphatic heterocycles. The molecule has 14 heteroatoms. The van der Waals surface area contributed by atoms with Crippen LogP contribution in [0.5, 0.6) is 0 Å². The Kier molecular flexibility index (Phi) is 42.5. The summed E-state index contributed by atoms with van der Waals surface area (Å²) in [5.41, 5.74) is 0. The second kappa shape index (κ2) is 46.8. The van der Waals surface area contributed by atoms with Gasteiger partial charge in [-0.05, 0) is 83.5 Å². The zero-order valence-corrected chi connectivity index (χ0v) is 46.7. The number of amides is 1. The quantitative estimate of drug-likeness (QED) is 0.0205. The van der Waals surface area contributed by atoms with E-state index in [1.165, 1.54) is 83.5 Å². The van der Waals surface area contributed by atoms with E-state index in [1.54, 1.807) is 6.08 Å². The third kappa shape index (κ3) is 32.1. The fourth-order valence-electron chi connectivity index (χ4n) is 9.01. The highest BCUT2D eigenvalue weighted by atomic mass is 16.7. The van der Waals surface area contributed by atoms with E-state index in [-0.39, 0.29) is 18.9 Å². The lowest BCUT2D eigenvalue weighted by Gasteiger charge is -2.46. The average Bonchev–Trinajstić information content (AvgIpc) is 3.42. The van der Waals surface area contributed by atoms with Crippen LogP contribution in [0.1, 0.15) is 194 Å². The van der Waals surface area contributed by atoms with Gasteiger partial charge in [0.25, 0.3) is 0 Å². The van der Waals surface area contributed by atoms with E-state index in [2.05, 4.69) is 104 Å². The molecule has 14 nitrogen and oxygen atoms in total. The normalized spacial score (nSPS) is 25.6. The Hall–Kier alpha value is -3.09. The molecule has 0 aromatic carbocycles. The van der Waals surface area contributed by atoms with Crippen molar-refractivity contribution in [3.63, 3.8) is 0 Å². The minimum absolute atomic E-state index is 0.258. The number of aliphatic hydroxyl groups is 8. The van der Waals surface area contributed by atoms with Gasteiger partial charge in [0.1, 0.15) is 48.8 Å². The van der Waals surface area contributed by atoms with Gasteiger partial charge in [-0.3, -0.25) is 4.79 Å². The summed E-state index contributed by atoms with van der Waals surface area (Å²) in [6.45, 7) is 2.61. The van der Waals surface area contributed by atoms with Crippen LogP contribution < -0.4 is 5.32 Å². The monoisotopic (exact) mass is 1070 g/mol. The van der Waals surface area contributed by atoms with Crippen LogP contribution in [-0.2, 0) is 23.7 Å². The molecule has 0 saturated carbocycles. The number of aliphatic hydroxyl groups excluding tert-OH is 8. The Morgan fingerprint density at radius 3 is 1.45 bits per heavy atom. The molecule has 2 aliphatic rings. The van der Waals surface area contributed by atoms with Crippen molar-refractivity contribution in [3.8, 4) is 0 Å². The number of hydrogen-bond donors (Lipinski definition) is 9. The number of carbonyl (C=O) groups is 1. The topological polar surface area (TPSA) is 228 Å². The van der Waals surface area contributed by atoms with Gasteiger partial charge in [0.2, 0.25) is 5.91 Å². The Morgan fingerprint density at radius 1 is 0.487 bits per heavy atom. The fraction of sp³-hybridized carbons (Fsp3) is 0.726. The van der Waals surface area contributed by atoms with Crippen LogP contribution >= 0.6 is 0 Å². The second-order valence-electron chi connectivity index (χ2n) is 20.4. The van der Waals surface area contributed by atoms with Gasteiger partial charge in [-0.2, -0.15) is 0 Å². The minimum atomic E-state index is -1.79. The number of carbonyl (C=O) groups excluding carboxylic acids is 1. The van der Waals surface area contributed by atoms with Gasteiger partial charge in [0.05, 0.1) is 32.0 Å². The van der Waals surface area contributed by atoms with E-state index < -0.39 is 86.8 Å². The molecule has 2 rings (SSSR count). The smallest absolute Gasteiger partial charge is 0.220 e. The lowest BCUT2D eigenvalue weighted by molar-refractivity contribution is -0.359. The first-order valence-corrected chi connectivity index (χ1v) is 29.5. The summed E-state index contributed by atoms with van der Waals surface area (Å²) in [5.74, 6) is -0.258. The summed E-state index contributed by atoms with van der Waals surface area (Å²) in [4.78, 5) is 13.2. The van der Waals surface area contributed by atoms with Crippen LogP contribution in [0.15, 0.2) is 97.2 Å². The van der Waals surface area contributed by atoms with Crippen molar-refractivity contribution < 1.29 is 64.6 Å². The van der Waals surface area contributed by atoms with Crippen molar-refractivity contribution in [1.82, 2.24) is 5.32 Å². The zero-order valence-electron chi connectivity index (χ0n) is 46.7. The van der Waals surface area contributed by atoms with Crippen LogP contribution in [0.25, 0.3) is 0 Å². The van der Waals surface area contributed by atoms with Crippen molar-refractivity contribution in [2.45, 2.75) is 267 Å². The Balaban J connectivity index is 1.68. The molecule has 2 fully saturated rings. The van der Waals surface area contributed by atoms with E-state index in [1.807, 2.05) is 6.08 Å². The summed E-state index contributed by atoms with van der Waals surface area (Å²) < 4.78 is 22.7. The zero-order chi connectivity index (χ0) is 55.3. The van der Waals surface area contributed by atoms with E-state index >= 15 is 0 Å². The second-order valence-corrected chi connectivity index (χ2v) is 20.4. The molecule has 436 valence electrons. The molecular weight excluding hydrogens is 967 g/mol. The standard InChI is InChI=1S/C62H105NO13/c1-3-5-7-9-11-13-15-16-17-18-19-20-21-22-23-24-25-26-27-28-29-30-31-32-33-34-36-38-40-42-44-46-54(67)63-50(51(66)45-43-41-39-37-35-14-12-10-8-6-4-2)49-73-61-59(72)57(70)60(53(48-65)75-61)76-62-58(71)56(69)55(68)52(47-64)74-62/h5,7,11,13,16-17,19-20,22-23,25-26,35,37,43,45,50-53,55-62,64-66,68-72H,3-4,6,8-10,12,14-15,18,21,24,27-34,36,38-42,44,46-49H2,1-2H3,(H,63,67)/b7-5-,13-11-,17-16-,20-19-,23-22-,26-25-,37-35+,45-43+. The number of rotatable bonds is 45. The number of hydrogen-bond acceptors (Lipinski definition) is 13. The summed E-state index contributed by atoms with van der Waals surface area (Å²) in [6.07, 6.45) is 47.5. The fourth-order valence-corrected chi connectivity index (χ4v) is 9.01. The van der Waals surface area contributed by atoms with Crippen LogP contribution in [-0.4, -0.2) is 140 Å². The lowest BCUT2D eigenvalue weighted by Crippen LogP contribution is -2.65. The molecule has 1 amide bonds. The minimum Gasteiger partial charge on any atom is -0.394 e. The van der Waals surface area contributed by atoms with Gasteiger partial charge in [-0.1, -0.05) is 201 Å². The summed E-state index contributed by atoms with van der Waals surface area (Å²) in [7, 11) is 0. The molecule has 76 heavy (non-hydrogen) atoms. The van der Waals surface area contributed by atoms with Crippen molar-refractivity contribution in [1.29, 1.82) is 0 Å². The van der Waals surface area contributed by atoms with Crippen molar-refractivity contribution in [2.24, 2.45) is 0 Å². The first kappa shape index (κ1) is 69.0. The summed E-state index contributed by atoms with van der Waals surface area (Å²) >= 11 is 0. The van der Waals surface area contributed by atoms with Gasteiger partial charge in [0, 0.05) is 6.42 Å². The molecule has 12 atom stereocenters. The maximum absolute atomic E-state index is 13.2. The highest BCUT2D eigenvalue weighted by Gasteiger charge is 2.51. The highest BCUT2D eigenvalue weighted by Crippen LogP contribution is 2.30. The van der Waals surface area contributed by atoms with Crippen molar-refractivity contribution in [2.75, 3.05) is 19.8 Å². The molecule has 0 aromatic rings. The Bertz CT molecular complexity index is 1640. The number of allylic oxidation sites excluding steroid dienone is 15. The molecule has 0 spiro atoms. The van der Waals surface area contributed by atoms with Gasteiger partial charge < -0.3 is 65.1 Å². The van der Waals surface area contributed by atoms with Crippen molar-refractivity contribution in [3.05, 3.63) is 97.2 Å². The first-order chi connectivity index (χ1) is 37.1. The lowest BCUT2D eigenvalue weighted by atomic mass is 9.97. The summed E-state index contributed by atoms with van der Waals surface area (Å²) in [5, 5.41) is 86.8. The van der Waals surface area contributed by atoms with E-state index in [0.29, 0.717) is 12.8 Å². The van der Waals surface area contributed by atoms with E-state index in [9.17, 15) is 45.6 Å². The predicted octanol–water partition coefficient (Wildman–Crippen LogP) is 9.89. The maximum Gasteiger partial charge on any atom is 0.220 e. The highest BCUT2D eigenvalue weighted by molar-refractivity contribution is 5.76. The number of unbranched alkanes of at least 4 members (excludes halogenated alkanes) is 18. The van der Waals surface area contributed by atoms with E-state index in [0.717, 1.165) is 77.0 Å². The van der Waals surface area contributed by atoms with Crippen molar-refractivity contribution >= 4 is 5.91 Å². The Morgan fingerprint density at radius 2 is 0.921 bits per heavy atom. The van der Waals surface area contributed by atoms with Gasteiger partial charge in [-0.15, -0.1) is 0 Å². The molecule has 2 saturated heterocycles. The molecular formula is C62H105NO13. The molecule has 0 aliphatic carbocycles. The third-order valence-electron chi connectivity index (χ3n) is 13.8.